The highest BCUT2D eigenvalue weighted by atomic mass is 32.1. The highest BCUT2D eigenvalue weighted by Gasteiger charge is 2.13. The summed E-state index contributed by atoms with van der Waals surface area (Å²) in [5.74, 6) is 0.615. The third-order valence-corrected chi connectivity index (χ3v) is 2.83. The lowest BCUT2D eigenvalue weighted by Crippen LogP contribution is -2.26. The fourth-order valence-corrected chi connectivity index (χ4v) is 1.81. The molecule has 0 aliphatic carbocycles. The Kier molecular flexibility index (Phi) is 3.99. The second kappa shape index (κ2) is 5.69. The summed E-state index contributed by atoms with van der Waals surface area (Å²) in [5.41, 5.74) is 2.10. The minimum atomic E-state index is -0.310. The molecular weight excluding hydrogens is 244 g/mol. The van der Waals surface area contributed by atoms with Gasteiger partial charge >= 0.3 is 0 Å². The van der Waals surface area contributed by atoms with Crippen LogP contribution in [-0.4, -0.2) is 10.2 Å². The van der Waals surface area contributed by atoms with Gasteiger partial charge in [0.2, 0.25) is 0 Å². The van der Waals surface area contributed by atoms with Crippen LogP contribution in [0.5, 0.6) is 0 Å². The van der Waals surface area contributed by atoms with Gasteiger partial charge in [0.25, 0.3) is 5.24 Å². The number of aromatic nitrogens is 1. The Morgan fingerprint density at radius 1 is 1.22 bits per heavy atom. The number of thiol groups is 1. The van der Waals surface area contributed by atoms with Crippen molar-refractivity contribution in [2.75, 3.05) is 4.90 Å². The zero-order chi connectivity index (χ0) is 13.0. The Morgan fingerprint density at radius 2 is 1.94 bits per heavy atom. The lowest BCUT2D eigenvalue weighted by molar-refractivity contribution is 0.265. The van der Waals surface area contributed by atoms with Gasteiger partial charge in [0.15, 0.2) is 0 Å². The molecular formula is C14H14N2OS. The molecule has 0 spiro atoms. The summed E-state index contributed by atoms with van der Waals surface area (Å²) < 4.78 is 0. The van der Waals surface area contributed by atoms with Crippen LogP contribution in [0, 0.1) is 6.92 Å². The molecule has 1 heterocycles. The van der Waals surface area contributed by atoms with Crippen molar-refractivity contribution in [1.82, 2.24) is 4.98 Å². The van der Waals surface area contributed by atoms with Gasteiger partial charge in [0, 0.05) is 6.20 Å². The third-order valence-electron chi connectivity index (χ3n) is 2.59. The molecule has 92 valence electrons. The fourth-order valence-electron chi connectivity index (χ4n) is 1.63. The smallest absolute Gasteiger partial charge is 0.283 e. The minimum absolute atomic E-state index is 0.310. The maximum Gasteiger partial charge on any atom is 0.284 e. The molecule has 0 aliphatic rings. The second-order valence-electron chi connectivity index (χ2n) is 4.05. The number of carbonyl (C=O) groups excluding carboxylic acids is 1. The van der Waals surface area contributed by atoms with Crippen molar-refractivity contribution >= 4 is 23.7 Å². The molecule has 0 atom stereocenters. The van der Waals surface area contributed by atoms with Crippen LogP contribution in [0.1, 0.15) is 11.1 Å². The molecule has 0 unspecified atom stereocenters. The summed E-state index contributed by atoms with van der Waals surface area (Å²) in [5, 5.41) is -0.310. The van der Waals surface area contributed by atoms with Crippen molar-refractivity contribution in [2.24, 2.45) is 0 Å². The van der Waals surface area contributed by atoms with Gasteiger partial charge in [-0.2, -0.15) is 0 Å². The molecule has 0 aliphatic heterocycles. The molecule has 4 heteroatoms. The van der Waals surface area contributed by atoms with Crippen LogP contribution >= 0.6 is 12.6 Å². The zero-order valence-corrected chi connectivity index (χ0v) is 11.0. The normalized spacial score (nSPS) is 10.1. The number of anilines is 1. The van der Waals surface area contributed by atoms with Crippen LogP contribution in [0.3, 0.4) is 0 Å². The molecule has 1 aromatic carbocycles. The lowest BCUT2D eigenvalue weighted by atomic mass is 10.2. The van der Waals surface area contributed by atoms with Gasteiger partial charge in [-0.15, -0.1) is 0 Å². The average molecular weight is 258 g/mol. The van der Waals surface area contributed by atoms with Crippen LogP contribution in [0.4, 0.5) is 10.6 Å². The zero-order valence-electron chi connectivity index (χ0n) is 10.1. The predicted octanol–water partition coefficient (Wildman–Crippen LogP) is 3.45. The van der Waals surface area contributed by atoms with Crippen molar-refractivity contribution in [3.05, 3.63) is 59.8 Å². The van der Waals surface area contributed by atoms with E-state index in [4.69, 9.17) is 0 Å². The topological polar surface area (TPSA) is 33.2 Å². The number of aryl methyl sites for hydroxylation is 1. The van der Waals surface area contributed by atoms with Crippen LogP contribution < -0.4 is 4.90 Å². The van der Waals surface area contributed by atoms with E-state index in [1.165, 1.54) is 4.90 Å². The van der Waals surface area contributed by atoms with E-state index in [0.29, 0.717) is 12.4 Å². The number of hydrogen-bond donors (Lipinski definition) is 1. The molecule has 1 amide bonds. The van der Waals surface area contributed by atoms with Gasteiger partial charge in [-0.3, -0.25) is 9.69 Å². The van der Waals surface area contributed by atoms with Crippen LogP contribution in [0.2, 0.25) is 0 Å². The Balaban J connectivity index is 2.24. The SMILES string of the molecule is Cc1ccc(N(Cc2ccccc2)C(=O)S)nc1. The molecule has 0 fully saturated rings. The first-order valence-corrected chi connectivity index (χ1v) is 6.08. The number of benzene rings is 1. The third kappa shape index (κ3) is 3.11. The van der Waals surface area contributed by atoms with E-state index in [-0.39, 0.29) is 5.24 Å². The molecule has 2 aromatic rings. The molecule has 0 radical (unpaired) electrons. The van der Waals surface area contributed by atoms with Crippen molar-refractivity contribution in [1.29, 1.82) is 0 Å². The van der Waals surface area contributed by atoms with Crippen molar-refractivity contribution in [2.45, 2.75) is 13.5 Å². The summed E-state index contributed by atoms with van der Waals surface area (Å²) in [6.07, 6.45) is 1.74. The molecule has 0 N–H and O–H groups in total. The Hall–Kier alpha value is -1.81. The Labute approximate surface area is 112 Å². The van der Waals surface area contributed by atoms with Gasteiger partial charge in [-0.05, 0) is 24.1 Å². The van der Waals surface area contributed by atoms with E-state index < -0.39 is 0 Å². The van der Waals surface area contributed by atoms with Crippen molar-refractivity contribution in [3.8, 4) is 0 Å². The van der Waals surface area contributed by atoms with Gasteiger partial charge in [0.1, 0.15) is 5.82 Å². The van der Waals surface area contributed by atoms with Crippen molar-refractivity contribution in [3.63, 3.8) is 0 Å². The molecule has 3 nitrogen and oxygen atoms in total. The van der Waals surface area contributed by atoms with Gasteiger partial charge in [0.05, 0.1) is 6.54 Å². The number of rotatable bonds is 3. The maximum atomic E-state index is 11.6. The fraction of sp³-hybridized carbons (Fsp3) is 0.143. The second-order valence-corrected chi connectivity index (χ2v) is 4.43. The first-order chi connectivity index (χ1) is 8.66. The van der Waals surface area contributed by atoms with Crippen LogP contribution in [0.25, 0.3) is 0 Å². The number of carbonyl (C=O) groups is 1. The van der Waals surface area contributed by atoms with Gasteiger partial charge < -0.3 is 0 Å². The first-order valence-electron chi connectivity index (χ1n) is 5.64. The molecule has 1 aromatic heterocycles. The van der Waals surface area contributed by atoms with E-state index in [9.17, 15) is 4.79 Å². The van der Waals surface area contributed by atoms with Crippen LogP contribution in [-0.2, 0) is 6.54 Å². The molecule has 2 rings (SSSR count). The highest BCUT2D eigenvalue weighted by Crippen LogP contribution is 2.16. The minimum Gasteiger partial charge on any atom is -0.283 e. The number of amides is 1. The molecule has 18 heavy (non-hydrogen) atoms. The molecule has 0 saturated heterocycles. The number of pyridine rings is 1. The number of hydrogen-bond acceptors (Lipinski definition) is 2. The van der Waals surface area contributed by atoms with E-state index in [2.05, 4.69) is 17.6 Å². The van der Waals surface area contributed by atoms with Gasteiger partial charge in [-0.1, -0.05) is 49.0 Å². The number of nitrogens with zero attached hydrogens (tertiary/aromatic N) is 2. The van der Waals surface area contributed by atoms with Gasteiger partial charge in [-0.25, -0.2) is 4.98 Å². The lowest BCUT2D eigenvalue weighted by Gasteiger charge is -2.19. The molecule has 0 saturated carbocycles. The Morgan fingerprint density at radius 3 is 2.50 bits per heavy atom. The van der Waals surface area contributed by atoms with Crippen molar-refractivity contribution < 1.29 is 4.79 Å². The summed E-state index contributed by atoms with van der Waals surface area (Å²) in [4.78, 5) is 17.4. The monoisotopic (exact) mass is 258 g/mol. The largest absolute Gasteiger partial charge is 0.284 e. The summed E-state index contributed by atoms with van der Waals surface area (Å²) >= 11 is 3.91. The van der Waals surface area contributed by atoms with E-state index in [1.54, 1.807) is 6.20 Å². The molecule has 0 bridgehead atoms. The maximum absolute atomic E-state index is 11.6. The first kappa shape index (κ1) is 12.6. The average Bonchev–Trinajstić information content (AvgIpc) is 2.38. The van der Waals surface area contributed by atoms with E-state index >= 15 is 0 Å². The highest BCUT2D eigenvalue weighted by molar-refractivity contribution is 7.96. The van der Waals surface area contributed by atoms with Crippen LogP contribution in [0.15, 0.2) is 48.7 Å². The summed E-state index contributed by atoms with van der Waals surface area (Å²) in [6.45, 7) is 2.43. The summed E-state index contributed by atoms with van der Waals surface area (Å²) in [7, 11) is 0. The van der Waals surface area contributed by atoms with E-state index in [0.717, 1.165) is 11.1 Å². The standard InChI is InChI=1S/C14H14N2OS/c1-11-7-8-13(15-9-11)16(14(17)18)10-12-5-3-2-4-6-12/h2-9H,10H2,1H3,(H,17,18). The summed E-state index contributed by atoms with van der Waals surface area (Å²) in [6, 6.07) is 13.5. The predicted molar refractivity (Wildman–Crippen MR) is 76.0 cm³/mol. The van der Waals surface area contributed by atoms with E-state index in [1.807, 2.05) is 49.4 Å². The quantitative estimate of drug-likeness (QED) is 0.855. The Bertz CT molecular complexity index is 525.